The highest BCUT2D eigenvalue weighted by Gasteiger charge is 2.07. The molecule has 2 nitrogen and oxygen atoms in total. The van der Waals surface area contributed by atoms with Crippen molar-refractivity contribution in [1.82, 2.24) is 9.55 Å². The van der Waals surface area contributed by atoms with Gasteiger partial charge in [-0.3, -0.25) is 0 Å². The van der Waals surface area contributed by atoms with Crippen LogP contribution >= 0.6 is 22.6 Å². The third-order valence-corrected chi connectivity index (χ3v) is 2.58. The minimum absolute atomic E-state index is 0.991. The molecular formula is C7H7IN2. The van der Waals surface area contributed by atoms with E-state index in [0.29, 0.717) is 0 Å². The summed E-state index contributed by atoms with van der Waals surface area (Å²) in [6.07, 6.45) is 7.31. The Kier molecular flexibility index (Phi) is 1.52. The van der Waals surface area contributed by atoms with Crippen LogP contribution in [0.25, 0.3) is 0 Å². The monoisotopic (exact) mass is 246 g/mol. The van der Waals surface area contributed by atoms with E-state index in [2.05, 4.69) is 44.3 Å². The summed E-state index contributed by atoms with van der Waals surface area (Å²) in [4.78, 5) is 4.21. The average molecular weight is 246 g/mol. The first-order chi connectivity index (χ1) is 4.88. The van der Waals surface area contributed by atoms with E-state index >= 15 is 0 Å². The maximum atomic E-state index is 4.21. The van der Waals surface area contributed by atoms with Gasteiger partial charge in [-0.25, -0.2) is 4.98 Å². The largest absolute Gasteiger partial charge is 0.329 e. The normalized spacial score (nSPS) is 15.3. The summed E-state index contributed by atoms with van der Waals surface area (Å²) < 4.78 is 3.32. The third kappa shape index (κ3) is 0.885. The number of nitrogens with zero attached hydrogens (tertiary/aromatic N) is 2. The highest BCUT2D eigenvalue weighted by molar-refractivity contribution is 14.1. The van der Waals surface area contributed by atoms with Crippen LogP contribution in [0.3, 0.4) is 0 Å². The molecule has 0 aliphatic carbocycles. The Bertz CT molecular complexity index is 275. The third-order valence-electron chi connectivity index (χ3n) is 1.68. The SMILES string of the molecule is Ic1ncn2c1CC=CC2. The molecule has 0 saturated heterocycles. The number of aromatic nitrogens is 2. The van der Waals surface area contributed by atoms with E-state index in [-0.39, 0.29) is 0 Å². The van der Waals surface area contributed by atoms with Crippen LogP contribution in [-0.2, 0) is 13.0 Å². The van der Waals surface area contributed by atoms with Gasteiger partial charge in [0, 0.05) is 13.0 Å². The molecule has 0 radical (unpaired) electrons. The molecule has 0 aromatic carbocycles. The molecule has 0 bridgehead atoms. The van der Waals surface area contributed by atoms with Crippen LogP contribution in [-0.4, -0.2) is 9.55 Å². The Hall–Kier alpha value is -0.320. The lowest BCUT2D eigenvalue weighted by atomic mass is 10.2. The molecule has 0 saturated carbocycles. The van der Waals surface area contributed by atoms with Gasteiger partial charge in [-0.1, -0.05) is 12.2 Å². The molecule has 0 amide bonds. The van der Waals surface area contributed by atoms with Crippen LogP contribution in [0.4, 0.5) is 0 Å². The molecular weight excluding hydrogens is 239 g/mol. The van der Waals surface area contributed by atoms with E-state index in [1.165, 1.54) is 5.69 Å². The van der Waals surface area contributed by atoms with Crippen LogP contribution in [0.15, 0.2) is 18.5 Å². The fourth-order valence-electron chi connectivity index (χ4n) is 1.12. The van der Waals surface area contributed by atoms with Crippen LogP contribution in [0, 0.1) is 3.70 Å². The van der Waals surface area contributed by atoms with Crippen molar-refractivity contribution < 1.29 is 0 Å². The van der Waals surface area contributed by atoms with Gasteiger partial charge in [-0.2, -0.15) is 0 Å². The number of hydrogen-bond donors (Lipinski definition) is 0. The van der Waals surface area contributed by atoms with Crippen molar-refractivity contribution in [3.63, 3.8) is 0 Å². The Balaban J connectivity index is 2.50. The fourth-order valence-corrected chi connectivity index (χ4v) is 1.78. The maximum absolute atomic E-state index is 4.21. The number of imidazole rings is 1. The molecule has 0 unspecified atom stereocenters. The average Bonchev–Trinajstić information content (AvgIpc) is 2.34. The van der Waals surface area contributed by atoms with Crippen molar-refractivity contribution >= 4 is 22.6 Å². The van der Waals surface area contributed by atoms with Crippen LogP contribution in [0.1, 0.15) is 5.69 Å². The summed E-state index contributed by atoms with van der Waals surface area (Å²) in [5.41, 5.74) is 1.35. The molecule has 1 aromatic rings. The summed E-state index contributed by atoms with van der Waals surface area (Å²) in [6, 6.07) is 0. The quantitative estimate of drug-likeness (QED) is 0.502. The van der Waals surface area contributed by atoms with E-state index in [9.17, 15) is 0 Å². The van der Waals surface area contributed by atoms with Gasteiger partial charge in [0.15, 0.2) is 0 Å². The predicted octanol–water partition coefficient (Wildman–Crippen LogP) is 1.60. The first kappa shape index (κ1) is 6.39. The van der Waals surface area contributed by atoms with Gasteiger partial charge in [0.1, 0.15) is 3.70 Å². The fraction of sp³-hybridized carbons (Fsp3) is 0.286. The molecule has 2 rings (SSSR count). The van der Waals surface area contributed by atoms with Crippen molar-refractivity contribution in [3.05, 3.63) is 27.9 Å². The molecule has 52 valence electrons. The maximum Gasteiger partial charge on any atom is 0.122 e. The zero-order valence-corrected chi connectivity index (χ0v) is 7.58. The standard InChI is InChI=1S/C7H7IN2/c8-7-6-3-1-2-4-10(6)5-9-7/h1-2,5H,3-4H2. The zero-order valence-electron chi connectivity index (χ0n) is 5.42. The summed E-state index contributed by atoms with van der Waals surface area (Å²) in [5, 5.41) is 0. The van der Waals surface area contributed by atoms with E-state index in [1.807, 2.05) is 6.33 Å². The van der Waals surface area contributed by atoms with Crippen molar-refractivity contribution in [2.24, 2.45) is 0 Å². The lowest BCUT2D eigenvalue weighted by molar-refractivity contribution is 0.750. The highest BCUT2D eigenvalue weighted by atomic mass is 127. The molecule has 2 heterocycles. The van der Waals surface area contributed by atoms with E-state index in [1.54, 1.807) is 0 Å². The lowest BCUT2D eigenvalue weighted by Crippen LogP contribution is -2.04. The number of allylic oxidation sites excluding steroid dienone is 2. The second-order valence-electron chi connectivity index (χ2n) is 2.31. The lowest BCUT2D eigenvalue weighted by Gasteiger charge is -2.07. The second-order valence-corrected chi connectivity index (χ2v) is 3.33. The summed E-state index contributed by atoms with van der Waals surface area (Å²) in [5.74, 6) is 0. The molecule has 0 fully saturated rings. The number of fused-ring (bicyclic) bond motifs is 1. The Morgan fingerprint density at radius 1 is 1.50 bits per heavy atom. The van der Waals surface area contributed by atoms with Gasteiger partial charge < -0.3 is 4.57 Å². The zero-order chi connectivity index (χ0) is 6.97. The number of halogens is 1. The molecule has 1 aliphatic heterocycles. The number of rotatable bonds is 0. The van der Waals surface area contributed by atoms with Crippen molar-refractivity contribution in [2.75, 3.05) is 0 Å². The van der Waals surface area contributed by atoms with Gasteiger partial charge in [0.25, 0.3) is 0 Å². The van der Waals surface area contributed by atoms with Crippen LogP contribution in [0.5, 0.6) is 0 Å². The molecule has 0 N–H and O–H groups in total. The van der Waals surface area contributed by atoms with Crippen LogP contribution < -0.4 is 0 Å². The Morgan fingerprint density at radius 3 is 3.20 bits per heavy atom. The Morgan fingerprint density at radius 2 is 2.40 bits per heavy atom. The summed E-state index contributed by atoms with van der Waals surface area (Å²) >= 11 is 2.27. The first-order valence-electron chi connectivity index (χ1n) is 3.22. The molecule has 3 heteroatoms. The molecule has 0 spiro atoms. The second kappa shape index (κ2) is 2.38. The highest BCUT2D eigenvalue weighted by Crippen LogP contribution is 2.14. The Labute approximate surface area is 73.1 Å². The minimum Gasteiger partial charge on any atom is -0.329 e. The summed E-state index contributed by atoms with van der Waals surface area (Å²) in [7, 11) is 0. The van der Waals surface area contributed by atoms with Gasteiger partial charge >= 0.3 is 0 Å². The number of hydrogen-bond acceptors (Lipinski definition) is 1. The van der Waals surface area contributed by atoms with Gasteiger partial charge in [-0.05, 0) is 22.6 Å². The topological polar surface area (TPSA) is 17.8 Å². The van der Waals surface area contributed by atoms with Crippen molar-refractivity contribution in [2.45, 2.75) is 13.0 Å². The van der Waals surface area contributed by atoms with Gasteiger partial charge in [-0.15, -0.1) is 0 Å². The van der Waals surface area contributed by atoms with Gasteiger partial charge in [0.2, 0.25) is 0 Å². The van der Waals surface area contributed by atoms with Gasteiger partial charge in [0.05, 0.1) is 12.0 Å². The molecule has 1 aromatic heterocycles. The van der Waals surface area contributed by atoms with E-state index in [4.69, 9.17) is 0 Å². The van der Waals surface area contributed by atoms with Crippen LogP contribution in [0.2, 0.25) is 0 Å². The smallest absolute Gasteiger partial charge is 0.122 e. The first-order valence-corrected chi connectivity index (χ1v) is 4.30. The predicted molar refractivity (Wildman–Crippen MR) is 47.8 cm³/mol. The van der Waals surface area contributed by atoms with Crippen molar-refractivity contribution in [3.8, 4) is 0 Å². The summed E-state index contributed by atoms with van der Waals surface area (Å²) in [6.45, 7) is 0.991. The van der Waals surface area contributed by atoms with E-state index < -0.39 is 0 Å². The van der Waals surface area contributed by atoms with E-state index in [0.717, 1.165) is 16.7 Å². The van der Waals surface area contributed by atoms with Crippen molar-refractivity contribution in [1.29, 1.82) is 0 Å². The molecule has 1 aliphatic rings. The molecule has 10 heavy (non-hydrogen) atoms. The molecule has 0 atom stereocenters. The minimum atomic E-state index is 0.991.